The van der Waals surface area contributed by atoms with E-state index >= 15 is 0 Å². The number of amides is 1. The van der Waals surface area contributed by atoms with Gasteiger partial charge in [-0.25, -0.2) is 0 Å². The Balaban J connectivity index is 1.93. The van der Waals surface area contributed by atoms with Crippen LogP contribution in [0.1, 0.15) is 42.5 Å². The van der Waals surface area contributed by atoms with Crippen LogP contribution in [-0.2, 0) is 32.8 Å². The molecule has 2 N–H and O–H groups in total. The van der Waals surface area contributed by atoms with E-state index in [9.17, 15) is 14.7 Å². The first kappa shape index (κ1) is 23.2. The molecule has 32 heavy (non-hydrogen) atoms. The Morgan fingerprint density at radius 2 is 1.31 bits per heavy atom. The number of carboxylic acid groups (broad SMARTS) is 1. The van der Waals surface area contributed by atoms with Crippen LogP contribution in [-0.4, -0.2) is 23.6 Å². The molecule has 0 heterocycles. The number of ether oxygens (including phenoxy) is 1. The minimum Gasteiger partial charge on any atom is -0.481 e. The monoisotopic (exact) mass is 431 g/mol. The third-order valence-electron chi connectivity index (χ3n) is 5.59. The van der Waals surface area contributed by atoms with Crippen molar-refractivity contribution in [3.8, 4) is 0 Å². The van der Waals surface area contributed by atoms with E-state index in [4.69, 9.17) is 4.74 Å². The number of carboxylic acids is 1. The third kappa shape index (κ3) is 5.24. The van der Waals surface area contributed by atoms with Gasteiger partial charge in [-0.3, -0.25) is 9.59 Å². The highest BCUT2D eigenvalue weighted by Crippen LogP contribution is 2.37. The van der Waals surface area contributed by atoms with Crippen LogP contribution >= 0.6 is 0 Å². The first-order valence-corrected chi connectivity index (χ1v) is 10.9. The molecule has 0 bridgehead atoms. The molecular weight excluding hydrogens is 402 g/mol. The van der Waals surface area contributed by atoms with Gasteiger partial charge in [-0.2, -0.15) is 0 Å². The van der Waals surface area contributed by atoms with Gasteiger partial charge in [-0.1, -0.05) is 92.7 Å². The number of carbonyl (C=O) groups excluding carboxylic acids is 1. The molecule has 0 aromatic heterocycles. The average Bonchev–Trinajstić information content (AvgIpc) is 2.82. The van der Waals surface area contributed by atoms with E-state index in [0.29, 0.717) is 11.1 Å². The lowest BCUT2D eigenvalue weighted by Crippen LogP contribution is -2.37. The summed E-state index contributed by atoms with van der Waals surface area (Å²) >= 11 is 0. The highest BCUT2D eigenvalue weighted by atomic mass is 16.5. The van der Waals surface area contributed by atoms with Gasteiger partial charge >= 0.3 is 5.97 Å². The Morgan fingerprint density at radius 3 is 1.75 bits per heavy atom. The van der Waals surface area contributed by atoms with Gasteiger partial charge in [0.15, 0.2) is 0 Å². The van der Waals surface area contributed by atoms with Crippen LogP contribution in [0.4, 0.5) is 5.69 Å². The molecule has 0 aliphatic rings. The third-order valence-corrected chi connectivity index (χ3v) is 5.59. The fourth-order valence-corrected chi connectivity index (χ4v) is 3.98. The fourth-order valence-electron chi connectivity index (χ4n) is 3.98. The Kier molecular flexibility index (Phi) is 7.79. The van der Waals surface area contributed by atoms with Crippen LogP contribution in [0.5, 0.6) is 0 Å². The number of aliphatic carboxylic acids is 1. The second-order valence-corrected chi connectivity index (χ2v) is 7.62. The predicted octanol–water partition coefficient (Wildman–Crippen LogP) is 5.19. The standard InChI is InChI=1S/C27H29NO4/c1-3-20-12-11-13-21(4-2)26(20)28-24(29)19-32-27(18-25(30)31,22-14-7-5-8-15-22)23-16-9-6-10-17-23/h5-17H,3-4,18-19H2,1-2H3,(H,28,29)(H,30,31). The van der Waals surface area contributed by atoms with E-state index in [1.165, 1.54) is 0 Å². The lowest BCUT2D eigenvalue weighted by molar-refractivity contribution is -0.146. The summed E-state index contributed by atoms with van der Waals surface area (Å²) in [6, 6.07) is 24.4. The molecule has 166 valence electrons. The summed E-state index contributed by atoms with van der Waals surface area (Å²) in [7, 11) is 0. The number of hydrogen-bond donors (Lipinski definition) is 2. The van der Waals surface area contributed by atoms with Gasteiger partial charge in [0, 0.05) is 5.69 Å². The van der Waals surface area contributed by atoms with Crippen LogP contribution in [0.3, 0.4) is 0 Å². The lowest BCUT2D eigenvalue weighted by atomic mass is 9.83. The van der Waals surface area contributed by atoms with Gasteiger partial charge in [0.25, 0.3) is 0 Å². The van der Waals surface area contributed by atoms with Crippen molar-refractivity contribution in [2.45, 2.75) is 38.7 Å². The number of carbonyl (C=O) groups is 2. The summed E-state index contributed by atoms with van der Waals surface area (Å²) in [5.41, 5.74) is 3.01. The van der Waals surface area contributed by atoms with Crippen LogP contribution in [0.15, 0.2) is 78.9 Å². The van der Waals surface area contributed by atoms with Crippen molar-refractivity contribution in [2.75, 3.05) is 11.9 Å². The maximum Gasteiger partial charge on any atom is 0.307 e. The summed E-state index contributed by atoms with van der Waals surface area (Å²) in [5, 5.41) is 12.7. The molecule has 0 radical (unpaired) electrons. The zero-order chi connectivity index (χ0) is 23.0. The van der Waals surface area contributed by atoms with Crippen molar-refractivity contribution in [1.29, 1.82) is 0 Å². The molecule has 3 aromatic rings. The summed E-state index contributed by atoms with van der Waals surface area (Å²) < 4.78 is 6.20. The molecule has 0 spiro atoms. The van der Waals surface area contributed by atoms with E-state index in [1.54, 1.807) is 0 Å². The largest absolute Gasteiger partial charge is 0.481 e. The number of anilines is 1. The quantitative estimate of drug-likeness (QED) is 0.463. The molecule has 3 aromatic carbocycles. The van der Waals surface area contributed by atoms with E-state index < -0.39 is 11.6 Å². The maximum atomic E-state index is 13.0. The Bertz CT molecular complexity index is 986. The van der Waals surface area contributed by atoms with Gasteiger partial charge < -0.3 is 15.2 Å². The van der Waals surface area contributed by atoms with Crippen LogP contribution in [0.2, 0.25) is 0 Å². The summed E-state index contributed by atoms with van der Waals surface area (Å²) in [6.07, 6.45) is 1.28. The number of aryl methyl sites for hydroxylation is 2. The minimum absolute atomic E-state index is 0.279. The molecule has 0 aliphatic heterocycles. The molecule has 0 aliphatic carbocycles. The van der Waals surface area contributed by atoms with E-state index in [2.05, 4.69) is 5.32 Å². The topological polar surface area (TPSA) is 75.6 Å². The molecule has 0 unspecified atom stereocenters. The Morgan fingerprint density at radius 1 is 0.812 bits per heavy atom. The van der Waals surface area contributed by atoms with Crippen molar-refractivity contribution in [2.24, 2.45) is 0 Å². The average molecular weight is 432 g/mol. The van der Waals surface area contributed by atoms with Gasteiger partial charge in [-0.15, -0.1) is 0 Å². The number of nitrogens with one attached hydrogen (secondary N) is 1. The number of hydrogen-bond acceptors (Lipinski definition) is 3. The molecule has 1 amide bonds. The molecular formula is C27H29NO4. The van der Waals surface area contributed by atoms with Gasteiger partial charge in [-0.05, 0) is 35.1 Å². The second-order valence-electron chi connectivity index (χ2n) is 7.62. The number of para-hydroxylation sites is 1. The molecule has 3 rings (SSSR count). The SMILES string of the molecule is CCc1cccc(CC)c1NC(=O)COC(CC(=O)O)(c1ccccc1)c1ccccc1. The van der Waals surface area contributed by atoms with E-state index in [-0.39, 0.29) is 18.9 Å². The van der Waals surface area contributed by atoms with E-state index in [0.717, 1.165) is 29.7 Å². The number of rotatable bonds is 10. The zero-order valence-electron chi connectivity index (χ0n) is 18.5. The van der Waals surface area contributed by atoms with Crippen molar-refractivity contribution < 1.29 is 19.4 Å². The normalized spacial score (nSPS) is 11.2. The lowest BCUT2D eigenvalue weighted by Gasteiger charge is -2.33. The molecule has 0 saturated heterocycles. The smallest absolute Gasteiger partial charge is 0.307 e. The van der Waals surface area contributed by atoms with Crippen molar-refractivity contribution in [1.82, 2.24) is 0 Å². The van der Waals surface area contributed by atoms with Gasteiger partial charge in [0.05, 0.1) is 6.42 Å². The minimum atomic E-state index is -1.29. The molecule has 5 heteroatoms. The Hall–Kier alpha value is -3.44. The molecule has 0 saturated carbocycles. The molecule has 5 nitrogen and oxygen atoms in total. The van der Waals surface area contributed by atoms with Gasteiger partial charge in [0.1, 0.15) is 12.2 Å². The second kappa shape index (κ2) is 10.7. The predicted molar refractivity (Wildman–Crippen MR) is 126 cm³/mol. The highest BCUT2D eigenvalue weighted by Gasteiger charge is 2.38. The van der Waals surface area contributed by atoms with Crippen molar-refractivity contribution >= 4 is 17.6 Å². The number of benzene rings is 3. The molecule has 0 atom stereocenters. The van der Waals surface area contributed by atoms with Crippen molar-refractivity contribution in [3.05, 3.63) is 101 Å². The summed E-state index contributed by atoms with van der Waals surface area (Å²) in [4.78, 5) is 24.8. The van der Waals surface area contributed by atoms with Crippen molar-refractivity contribution in [3.63, 3.8) is 0 Å². The Labute approximate surface area is 189 Å². The van der Waals surface area contributed by atoms with Crippen LogP contribution < -0.4 is 5.32 Å². The van der Waals surface area contributed by atoms with E-state index in [1.807, 2.05) is 92.7 Å². The summed E-state index contributed by atoms with van der Waals surface area (Å²) in [6.45, 7) is 3.81. The fraction of sp³-hybridized carbons (Fsp3) is 0.259. The van der Waals surface area contributed by atoms with Crippen LogP contribution in [0, 0.1) is 0 Å². The molecule has 0 fully saturated rings. The summed E-state index contributed by atoms with van der Waals surface area (Å²) in [5.74, 6) is -1.33. The van der Waals surface area contributed by atoms with Crippen LogP contribution in [0.25, 0.3) is 0 Å². The maximum absolute atomic E-state index is 13.0. The highest BCUT2D eigenvalue weighted by molar-refractivity contribution is 5.93. The zero-order valence-corrected chi connectivity index (χ0v) is 18.5. The first-order valence-electron chi connectivity index (χ1n) is 10.9. The van der Waals surface area contributed by atoms with Gasteiger partial charge in [0.2, 0.25) is 5.91 Å². The first-order chi connectivity index (χ1) is 15.5.